The van der Waals surface area contributed by atoms with E-state index < -0.39 is 27.3 Å². The summed E-state index contributed by atoms with van der Waals surface area (Å²) >= 11 is 0. The highest BCUT2D eigenvalue weighted by atomic mass is 32.2. The van der Waals surface area contributed by atoms with Gasteiger partial charge in [0.05, 0.1) is 29.1 Å². The molecule has 0 N–H and O–H groups in total. The number of nitro benzene ring substituents is 1. The van der Waals surface area contributed by atoms with E-state index in [1.807, 2.05) is 0 Å². The number of hydrogen-bond acceptors (Lipinski definition) is 6. The van der Waals surface area contributed by atoms with Gasteiger partial charge in [-0.1, -0.05) is 6.42 Å². The van der Waals surface area contributed by atoms with Crippen LogP contribution in [0, 0.1) is 24.0 Å². The number of nitrogens with zero attached hydrogens (tertiary/aromatic N) is 2. The van der Waals surface area contributed by atoms with Gasteiger partial charge in [0.2, 0.25) is 10.0 Å². The Morgan fingerprint density at radius 2 is 1.88 bits per heavy atom. The fraction of sp³-hybridized carbons (Fsp3) is 0.625. The van der Waals surface area contributed by atoms with Crippen LogP contribution >= 0.6 is 0 Å². The summed E-state index contributed by atoms with van der Waals surface area (Å²) in [6, 6.07) is 2.14. The lowest BCUT2D eigenvalue weighted by molar-refractivity contribution is -0.385. The van der Waals surface area contributed by atoms with E-state index >= 15 is 0 Å². The molecule has 2 aliphatic rings. The summed E-state index contributed by atoms with van der Waals surface area (Å²) in [5.74, 6) is 0. The van der Waals surface area contributed by atoms with Crippen LogP contribution in [0.4, 0.5) is 5.69 Å². The molecule has 1 aromatic carbocycles. The van der Waals surface area contributed by atoms with Gasteiger partial charge in [-0.25, -0.2) is 8.42 Å². The van der Waals surface area contributed by atoms with Gasteiger partial charge in [-0.15, -0.1) is 0 Å². The Labute approximate surface area is 146 Å². The monoisotopic (exact) mass is 370 g/mol. The van der Waals surface area contributed by atoms with Crippen LogP contribution in [-0.2, 0) is 19.5 Å². The number of benzene rings is 1. The minimum Gasteiger partial charge on any atom is -0.349 e. The average Bonchev–Trinajstić information content (AvgIpc) is 3.11. The molecular weight excluding hydrogens is 348 g/mol. The average molecular weight is 370 g/mol. The summed E-state index contributed by atoms with van der Waals surface area (Å²) in [6.07, 6.45) is 1.72. The maximum absolute atomic E-state index is 13.3. The molecule has 25 heavy (non-hydrogen) atoms. The van der Waals surface area contributed by atoms with Crippen LogP contribution in [0.15, 0.2) is 17.0 Å². The second-order valence-corrected chi connectivity index (χ2v) is 8.29. The Hall–Kier alpha value is -1.55. The van der Waals surface area contributed by atoms with Crippen molar-refractivity contribution in [2.45, 2.75) is 50.3 Å². The highest BCUT2D eigenvalue weighted by Crippen LogP contribution is 2.33. The van der Waals surface area contributed by atoms with Crippen molar-refractivity contribution in [3.8, 4) is 0 Å². The van der Waals surface area contributed by atoms with Crippen molar-refractivity contribution in [3.63, 3.8) is 0 Å². The van der Waals surface area contributed by atoms with Crippen LogP contribution in [0.25, 0.3) is 0 Å². The van der Waals surface area contributed by atoms with Crippen LogP contribution in [0.1, 0.15) is 30.4 Å². The lowest BCUT2D eigenvalue weighted by Gasteiger charge is -2.37. The Morgan fingerprint density at radius 3 is 2.52 bits per heavy atom. The van der Waals surface area contributed by atoms with Crippen LogP contribution in [0.3, 0.4) is 0 Å². The standard InChI is InChI=1S/C16H22N2O6S/c1-11-9-13(18(19)20)10-15(12(11)2)25(21,22)17-6-4-3-5-14(17)16-23-7-8-24-16/h9-10,14,16H,3-8H2,1-2H3/t14-/m0/s1. The van der Waals surface area contributed by atoms with Crippen LogP contribution in [0.2, 0.25) is 0 Å². The van der Waals surface area contributed by atoms with E-state index in [0.717, 1.165) is 18.9 Å². The predicted octanol–water partition coefficient (Wildman–Crippen LogP) is 2.13. The second-order valence-electron chi connectivity index (χ2n) is 6.43. The summed E-state index contributed by atoms with van der Waals surface area (Å²) in [4.78, 5) is 10.6. The molecule has 1 aromatic rings. The molecule has 1 atom stereocenters. The molecule has 0 spiro atoms. The third-order valence-electron chi connectivity index (χ3n) is 4.86. The normalized spacial score (nSPS) is 23.0. The first-order valence-electron chi connectivity index (χ1n) is 8.33. The van der Waals surface area contributed by atoms with Gasteiger partial charge >= 0.3 is 0 Å². The number of hydrogen-bond donors (Lipinski definition) is 0. The first-order chi connectivity index (χ1) is 11.8. The molecule has 3 rings (SSSR count). The number of non-ortho nitro benzene ring substituents is 1. The topological polar surface area (TPSA) is 99.0 Å². The molecule has 138 valence electrons. The van der Waals surface area contributed by atoms with Gasteiger partial charge in [0.15, 0.2) is 6.29 Å². The first kappa shape index (κ1) is 18.2. The van der Waals surface area contributed by atoms with Crippen LogP contribution < -0.4 is 0 Å². The number of nitro groups is 1. The number of ether oxygens (including phenoxy) is 2. The maximum atomic E-state index is 13.3. The van der Waals surface area contributed by atoms with E-state index in [1.54, 1.807) is 13.8 Å². The summed E-state index contributed by atoms with van der Waals surface area (Å²) in [5, 5.41) is 11.2. The second kappa shape index (κ2) is 6.99. The first-order valence-corrected chi connectivity index (χ1v) is 9.77. The van der Waals surface area contributed by atoms with Crippen molar-refractivity contribution >= 4 is 15.7 Å². The Bertz CT molecular complexity index is 773. The summed E-state index contributed by atoms with van der Waals surface area (Å²) in [6.45, 7) is 4.61. The fourth-order valence-electron chi connectivity index (χ4n) is 3.41. The van der Waals surface area contributed by atoms with E-state index in [1.165, 1.54) is 10.4 Å². The zero-order valence-corrected chi connectivity index (χ0v) is 15.1. The zero-order chi connectivity index (χ0) is 18.2. The van der Waals surface area contributed by atoms with Gasteiger partial charge < -0.3 is 9.47 Å². The number of piperidine rings is 1. The number of aryl methyl sites for hydroxylation is 1. The zero-order valence-electron chi connectivity index (χ0n) is 14.3. The molecule has 2 heterocycles. The molecule has 0 bridgehead atoms. The lowest BCUT2D eigenvalue weighted by atomic mass is 10.0. The maximum Gasteiger partial charge on any atom is 0.271 e. The molecule has 0 aromatic heterocycles. The van der Waals surface area contributed by atoms with E-state index in [2.05, 4.69) is 0 Å². The van der Waals surface area contributed by atoms with Crippen molar-refractivity contribution in [2.75, 3.05) is 19.8 Å². The minimum atomic E-state index is -3.89. The summed E-state index contributed by atoms with van der Waals surface area (Å²) in [7, 11) is -3.89. The van der Waals surface area contributed by atoms with Crippen molar-refractivity contribution in [1.82, 2.24) is 4.31 Å². The fourth-order valence-corrected chi connectivity index (χ4v) is 5.41. The molecule has 0 aliphatic carbocycles. The quantitative estimate of drug-likeness (QED) is 0.595. The van der Waals surface area contributed by atoms with E-state index in [9.17, 15) is 18.5 Å². The van der Waals surface area contributed by atoms with Gasteiger partial charge in [0, 0.05) is 18.7 Å². The number of sulfonamides is 1. The SMILES string of the molecule is Cc1cc([N+](=O)[O-])cc(S(=O)(=O)N2CCCC[C@H]2C2OCCO2)c1C. The molecule has 8 nitrogen and oxygen atoms in total. The summed E-state index contributed by atoms with van der Waals surface area (Å²) < 4.78 is 39.1. The smallest absolute Gasteiger partial charge is 0.271 e. The third-order valence-corrected chi connectivity index (χ3v) is 6.91. The van der Waals surface area contributed by atoms with Crippen LogP contribution in [-0.4, -0.2) is 49.7 Å². The highest BCUT2D eigenvalue weighted by molar-refractivity contribution is 7.89. The van der Waals surface area contributed by atoms with Gasteiger partial charge in [0.25, 0.3) is 5.69 Å². The predicted molar refractivity (Wildman–Crippen MR) is 89.8 cm³/mol. The van der Waals surface area contributed by atoms with Crippen LogP contribution in [0.5, 0.6) is 0 Å². The minimum absolute atomic E-state index is 0.0101. The lowest BCUT2D eigenvalue weighted by Crippen LogP contribution is -2.50. The molecule has 2 aliphatic heterocycles. The molecule has 2 saturated heterocycles. The molecule has 2 fully saturated rings. The molecule has 9 heteroatoms. The highest BCUT2D eigenvalue weighted by Gasteiger charge is 2.41. The van der Waals surface area contributed by atoms with Crippen molar-refractivity contribution in [1.29, 1.82) is 0 Å². The largest absolute Gasteiger partial charge is 0.349 e. The number of rotatable bonds is 4. The van der Waals surface area contributed by atoms with E-state index in [-0.39, 0.29) is 10.6 Å². The molecule has 0 radical (unpaired) electrons. The molecule has 0 saturated carbocycles. The van der Waals surface area contributed by atoms with Gasteiger partial charge in [-0.2, -0.15) is 4.31 Å². The van der Waals surface area contributed by atoms with E-state index in [0.29, 0.717) is 37.3 Å². The van der Waals surface area contributed by atoms with Crippen molar-refractivity contribution in [2.24, 2.45) is 0 Å². The third kappa shape index (κ3) is 3.41. The summed E-state index contributed by atoms with van der Waals surface area (Å²) in [5.41, 5.74) is 0.890. The van der Waals surface area contributed by atoms with Crippen molar-refractivity contribution < 1.29 is 22.8 Å². The molecule has 0 amide bonds. The van der Waals surface area contributed by atoms with Gasteiger partial charge in [-0.3, -0.25) is 10.1 Å². The Kier molecular flexibility index (Phi) is 5.10. The molecule has 0 unspecified atom stereocenters. The van der Waals surface area contributed by atoms with Crippen molar-refractivity contribution in [3.05, 3.63) is 33.4 Å². The van der Waals surface area contributed by atoms with Gasteiger partial charge in [-0.05, 0) is 37.8 Å². The Morgan fingerprint density at radius 1 is 1.20 bits per heavy atom. The Balaban J connectivity index is 2.03. The van der Waals surface area contributed by atoms with Gasteiger partial charge in [0.1, 0.15) is 0 Å². The molecular formula is C16H22N2O6S. The van der Waals surface area contributed by atoms with E-state index in [4.69, 9.17) is 9.47 Å².